The average Bonchev–Trinajstić information content (AvgIpc) is 2.48. The molecule has 9 nitrogen and oxygen atoms in total. The third-order valence-corrected chi connectivity index (χ3v) is 3.38. The van der Waals surface area contributed by atoms with Gasteiger partial charge in [-0.3, -0.25) is 10.1 Å². The van der Waals surface area contributed by atoms with Gasteiger partial charge in [-0.25, -0.2) is 0 Å². The number of aliphatic hydroxyl groups is 4. The maximum absolute atomic E-state index is 10.6. The van der Waals surface area contributed by atoms with Gasteiger partial charge in [-0.15, -0.1) is 0 Å². The van der Waals surface area contributed by atoms with E-state index in [4.69, 9.17) is 9.47 Å². The van der Waals surface area contributed by atoms with Gasteiger partial charge in [-0.2, -0.15) is 0 Å². The highest BCUT2D eigenvalue weighted by Gasteiger charge is 2.46. The molecule has 1 aliphatic heterocycles. The Labute approximate surface area is 125 Å². The maximum Gasteiger partial charge on any atom is 0.269 e. The molecule has 0 radical (unpaired) electrons. The molecule has 122 valence electrons. The van der Waals surface area contributed by atoms with Gasteiger partial charge in [0.15, 0.2) is 0 Å². The Morgan fingerprint density at radius 3 is 2.27 bits per heavy atom. The van der Waals surface area contributed by atoms with Crippen molar-refractivity contribution >= 4 is 5.69 Å². The third-order valence-electron chi connectivity index (χ3n) is 3.38. The van der Waals surface area contributed by atoms with E-state index in [9.17, 15) is 30.5 Å². The lowest BCUT2D eigenvalue weighted by molar-refractivity contribution is -0.384. The Balaban J connectivity index is 2.11. The van der Waals surface area contributed by atoms with Crippen LogP contribution < -0.4 is 4.74 Å². The number of aliphatic hydroxyl groups excluding tert-OH is 4. The molecule has 1 fully saturated rings. The van der Waals surface area contributed by atoms with E-state index in [0.717, 1.165) is 0 Å². The summed E-state index contributed by atoms with van der Waals surface area (Å²) in [5.41, 5.74) is -0.130. The molecule has 1 aliphatic rings. The second-order valence-corrected chi connectivity index (χ2v) is 5.05. The number of rotatable bonds is 4. The van der Waals surface area contributed by atoms with E-state index in [1.807, 2.05) is 0 Å². The van der Waals surface area contributed by atoms with Crippen molar-refractivity contribution in [1.29, 1.82) is 0 Å². The van der Waals surface area contributed by atoms with Gasteiger partial charge in [-0.1, -0.05) is 0 Å². The highest BCUT2D eigenvalue weighted by Crippen LogP contribution is 2.26. The molecule has 0 aliphatic carbocycles. The normalized spacial score (nSPS) is 33.2. The first-order chi connectivity index (χ1) is 10.3. The van der Waals surface area contributed by atoms with Crippen LogP contribution in [0.5, 0.6) is 5.75 Å². The van der Waals surface area contributed by atoms with Crippen molar-refractivity contribution in [3.05, 3.63) is 34.4 Å². The first-order valence-corrected chi connectivity index (χ1v) is 6.60. The van der Waals surface area contributed by atoms with Crippen molar-refractivity contribution in [3.8, 4) is 5.75 Å². The zero-order valence-electron chi connectivity index (χ0n) is 11.6. The SMILES string of the molecule is C[C@@H](O)[C@H]1O[C@@H](Oc2ccc([N+](=O)[O-])cc2)[C@H](O)[C@@H](O)[C@H]1O. The zero-order chi connectivity index (χ0) is 16.4. The van der Waals surface area contributed by atoms with Gasteiger partial charge in [0.05, 0.1) is 11.0 Å². The molecule has 9 heteroatoms. The fraction of sp³-hybridized carbons (Fsp3) is 0.538. The first-order valence-electron chi connectivity index (χ1n) is 6.60. The molecule has 0 unspecified atom stereocenters. The van der Waals surface area contributed by atoms with Gasteiger partial charge >= 0.3 is 0 Å². The molecule has 6 atom stereocenters. The quantitative estimate of drug-likeness (QED) is 0.416. The van der Waals surface area contributed by atoms with Crippen LogP contribution in [0.25, 0.3) is 0 Å². The van der Waals surface area contributed by atoms with E-state index in [1.165, 1.54) is 31.2 Å². The molecular formula is C13H17NO8. The van der Waals surface area contributed by atoms with Crippen LogP contribution in [0.1, 0.15) is 6.92 Å². The van der Waals surface area contributed by atoms with Crippen molar-refractivity contribution < 1.29 is 34.8 Å². The minimum atomic E-state index is -1.56. The van der Waals surface area contributed by atoms with E-state index in [2.05, 4.69) is 0 Å². The first kappa shape index (κ1) is 16.6. The zero-order valence-corrected chi connectivity index (χ0v) is 11.6. The molecule has 0 spiro atoms. The fourth-order valence-electron chi connectivity index (χ4n) is 2.15. The summed E-state index contributed by atoms with van der Waals surface area (Å²) < 4.78 is 10.6. The highest BCUT2D eigenvalue weighted by atomic mass is 16.7. The molecule has 0 aromatic heterocycles. The largest absolute Gasteiger partial charge is 0.462 e. The standard InChI is InChI=1S/C13H17NO8/c1-6(15)12-10(17)9(16)11(18)13(22-12)21-8-4-2-7(3-5-8)14(19)20/h2-6,9-13,15-18H,1H3/t6-,9+,10-,11-,12-,13-/m1/s1. The summed E-state index contributed by atoms with van der Waals surface area (Å²) in [6.45, 7) is 1.36. The van der Waals surface area contributed by atoms with E-state index >= 15 is 0 Å². The molecule has 1 aromatic rings. The molecule has 1 saturated heterocycles. The molecule has 0 bridgehead atoms. The van der Waals surface area contributed by atoms with Gasteiger partial charge in [0.1, 0.15) is 30.2 Å². The number of non-ortho nitro benzene ring substituents is 1. The maximum atomic E-state index is 10.6. The van der Waals surface area contributed by atoms with Crippen LogP contribution in [0.15, 0.2) is 24.3 Å². The summed E-state index contributed by atoms with van der Waals surface area (Å²) in [6.07, 6.45) is -8.13. The molecule has 2 rings (SSSR count). The summed E-state index contributed by atoms with van der Waals surface area (Å²) in [5, 5.41) is 49.5. The summed E-state index contributed by atoms with van der Waals surface area (Å²) in [5.74, 6) is 0.169. The molecule has 1 aromatic carbocycles. The van der Waals surface area contributed by atoms with E-state index < -0.39 is 41.7 Å². The van der Waals surface area contributed by atoms with Crippen LogP contribution in [-0.2, 0) is 4.74 Å². The number of ether oxygens (including phenoxy) is 2. The average molecular weight is 315 g/mol. The lowest BCUT2D eigenvalue weighted by atomic mass is 9.96. The van der Waals surface area contributed by atoms with Crippen LogP contribution in [-0.4, -0.2) is 62.2 Å². The van der Waals surface area contributed by atoms with Gasteiger partial charge in [0.2, 0.25) is 6.29 Å². The van der Waals surface area contributed by atoms with Crippen molar-refractivity contribution in [2.24, 2.45) is 0 Å². The monoisotopic (exact) mass is 315 g/mol. The predicted molar refractivity (Wildman–Crippen MR) is 72.1 cm³/mol. The molecule has 4 N–H and O–H groups in total. The van der Waals surface area contributed by atoms with E-state index in [0.29, 0.717) is 0 Å². The minimum Gasteiger partial charge on any atom is -0.462 e. The lowest BCUT2D eigenvalue weighted by Gasteiger charge is -2.41. The number of nitrogens with zero attached hydrogens (tertiary/aromatic N) is 1. The summed E-state index contributed by atoms with van der Waals surface area (Å²) >= 11 is 0. The number of nitro groups is 1. The summed E-state index contributed by atoms with van der Waals surface area (Å²) in [4.78, 5) is 9.99. The second kappa shape index (κ2) is 6.55. The second-order valence-electron chi connectivity index (χ2n) is 5.05. The number of nitro benzene ring substituents is 1. The van der Waals surface area contributed by atoms with Crippen molar-refractivity contribution in [2.45, 2.75) is 43.7 Å². The van der Waals surface area contributed by atoms with Crippen LogP contribution in [0.3, 0.4) is 0 Å². The Kier molecular flexibility index (Phi) is 4.94. The third kappa shape index (κ3) is 3.34. The molecular weight excluding hydrogens is 298 g/mol. The van der Waals surface area contributed by atoms with Gasteiger partial charge in [-0.05, 0) is 19.1 Å². The van der Waals surface area contributed by atoms with Crippen molar-refractivity contribution in [2.75, 3.05) is 0 Å². The Bertz CT molecular complexity index is 519. The van der Waals surface area contributed by atoms with Crippen LogP contribution in [0.4, 0.5) is 5.69 Å². The topological polar surface area (TPSA) is 143 Å². The van der Waals surface area contributed by atoms with Crippen molar-refractivity contribution in [3.63, 3.8) is 0 Å². The van der Waals surface area contributed by atoms with Crippen LogP contribution in [0, 0.1) is 10.1 Å². The lowest BCUT2D eigenvalue weighted by Crippen LogP contribution is -2.61. The van der Waals surface area contributed by atoms with Gasteiger partial charge in [0.25, 0.3) is 5.69 Å². The summed E-state index contributed by atoms with van der Waals surface area (Å²) in [7, 11) is 0. The minimum absolute atomic E-state index is 0.130. The van der Waals surface area contributed by atoms with Crippen LogP contribution in [0.2, 0.25) is 0 Å². The highest BCUT2D eigenvalue weighted by molar-refractivity contribution is 5.36. The predicted octanol–water partition coefficient (Wildman–Crippen LogP) is -0.838. The van der Waals surface area contributed by atoms with E-state index in [-0.39, 0.29) is 11.4 Å². The fourth-order valence-corrected chi connectivity index (χ4v) is 2.15. The van der Waals surface area contributed by atoms with Gasteiger partial charge < -0.3 is 29.9 Å². The Morgan fingerprint density at radius 2 is 1.77 bits per heavy atom. The number of benzene rings is 1. The van der Waals surface area contributed by atoms with E-state index in [1.54, 1.807) is 0 Å². The van der Waals surface area contributed by atoms with Crippen LogP contribution >= 0.6 is 0 Å². The number of hydrogen-bond acceptors (Lipinski definition) is 8. The molecule has 22 heavy (non-hydrogen) atoms. The molecule has 0 saturated carbocycles. The molecule has 0 amide bonds. The molecule has 1 heterocycles. The van der Waals surface area contributed by atoms with Gasteiger partial charge in [0, 0.05) is 12.1 Å². The number of hydrogen-bond donors (Lipinski definition) is 4. The van der Waals surface area contributed by atoms with Crippen molar-refractivity contribution in [1.82, 2.24) is 0 Å². The summed E-state index contributed by atoms with van der Waals surface area (Å²) in [6, 6.07) is 5.04. The Morgan fingerprint density at radius 1 is 1.18 bits per heavy atom. The Hall–Kier alpha value is -1.78. The smallest absolute Gasteiger partial charge is 0.269 e.